The number of carbonyl (C=O) groups is 1. The number of hydrogen-bond acceptors (Lipinski definition) is 4. The van der Waals surface area contributed by atoms with Crippen molar-refractivity contribution in [2.24, 2.45) is 0 Å². The maximum Gasteiger partial charge on any atom is 0.227 e. The molecule has 1 aliphatic rings. The van der Waals surface area contributed by atoms with Gasteiger partial charge in [0, 0.05) is 43.6 Å². The third-order valence-corrected chi connectivity index (χ3v) is 4.11. The van der Waals surface area contributed by atoms with E-state index in [1.165, 1.54) is 0 Å². The largest absolute Gasteiger partial charge is 0.340 e. The quantitative estimate of drug-likeness (QED) is 0.913. The number of piperazine rings is 1. The summed E-state index contributed by atoms with van der Waals surface area (Å²) in [5.41, 5.74) is 2.89. The molecule has 116 valence electrons. The molecule has 0 bridgehead atoms. The van der Waals surface area contributed by atoms with Crippen LogP contribution in [0, 0.1) is 13.8 Å². The first-order valence-corrected chi connectivity index (χ1v) is 7.62. The van der Waals surface area contributed by atoms with E-state index in [0.717, 1.165) is 48.9 Å². The van der Waals surface area contributed by atoms with E-state index >= 15 is 0 Å². The molecule has 6 heteroatoms. The minimum atomic E-state index is 0.174. The van der Waals surface area contributed by atoms with Crippen molar-refractivity contribution in [1.82, 2.24) is 25.0 Å². The summed E-state index contributed by atoms with van der Waals surface area (Å²) in [5, 5.41) is 7.81. The van der Waals surface area contributed by atoms with Crippen LogP contribution in [-0.2, 0) is 11.2 Å². The lowest BCUT2D eigenvalue weighted by molar-refractivity contribution is -0.131. The Labute approximate surface area is 130 Å². The van der Waals surface area contributed by atoms with E-state index in [2.05, 4.69) is 15.4 Å². The Kier molecular flexibility index (Phi) is 4.20. The topological polar surface area (TPSA) is 63.1 Å². The standard InChI is InChI=1S/C16H21N5O/c1-12-14(11-16(22)20-9-7-17-8-10-20)13(2)21(19-12)15-5-3-4-6-18-15/h3-6,17H,7-11H2,1-2H3. The van der Waals surface area contributed by atoms with E-state index in [0.29, 0.717) is 6.42 Å². The van der Waals surface area contributed by atoms with Crippen LogP contribution in [0.5, 0.6) is 0 Å². The monoisotopic (exact) mass is 299 g/mol. The molecule has 0 spiro atoms. The molecule has 2 aromatic heterocycles. The highest BCUT2D eigenvalue weighted by Gasteiger charge is 2.21. The summed E-state index contributed by atoms with van der Waals surface area (Å²) in [6, 6.07) is 5.73. The fraction of sp³-hybridized carbons (Fsp3) is 0.438. The maximum atomic E-state index is 12.5. The second-order valence-electron chi connectivity index (χ2n) is 5.56. The van der Waals surface area contributed by atoms with Crippen molar-refractivity contribution in [2.75, 3.05) is 26.2 Å². The molecule has 1 amide bonds. The average Bonchev–Trinajstić information content (AvgIpc) is 2.84. The van der Waals surface area contributed by atoms with E-state index in [4.69, 9.17) is 0 Å². The predicted octanol–water partition coefficient (Wildman–Crippen LogP) is 0.858. The fourth-order valence-corrected chi connectivity index (χ4v) is 2.81. The molecule has 3 heterocycles. The van der Waals surface area contributed by atoms with Gasteiger partial charge < -0.3 is 10.2 Å². The van der Waals surface area contributed by atoms with Gasteiger partial charge in [0.1, 0.15) is 0 Å². The number of rotatable bonds is 3. The lowest BCUT2D eigenvalue weighted by Gasteiger charge is -2.27. The van der Waals surface area contributed by atoms with Gasteiger partial charge in [-0.05, 0) is 26.0 Å². The summed E-state index contributed by atoms with van der Waals surface area (Å²) >= 11 is 0. The summed E-state index contributed by atoms with van der Waals surface area (Å²) in [4.78, 5) is 18.7. The summed E-state index contributed by atoms with van der Waals surface area (Å²) in [7, 11) is 0. The average molecular weight is 299 g/mol. The molecule has 0 atom stereocenters. The Morgan fingerprint density at radius 1 is 1.27 bits per heavy atom. The Hall–Kier alpha value is -2.21. The Morgan fingerprint density at radius 3 is 2.73 bits per heavy atom. The van der Waals surface area contributed by atoms with Crippen LogP contribution in [-0.4, -0.2) is 51.8 Å². The molecular formula is C16H21N5O. The highest BCUT2D eigenvalue weighted by Crippen LogP contribution is 2.18. The van der Waals surface area contributed by atoms with Crippen molar-refractivity contribution >= 4 is 5.91 Å². The lowest BCUT2D eigenvalue weighted by Crippen LogP contribution is -2.47. The van der Waals surface area contributed by atoms with Crippen LogP contribution in [0.15, 0.2) is 24.4 Å². The predicted molar refractivity (Wildman–Crippen MR) is 84.0 cm³/mol. The van der Waals surface area contributed by atoms with Crippen molar-refractivity contribution in [3.63, 3.8) is 0 Å². The molecule has 22 heavy (non-hydrogen) atoms. The summed E-state index contributed by atoms with van der Waals surface area (Å²) in [6.45, 7) is 7.26. The van der Waals surface area contributed by atoms with Gasteiger partial charge in [-0.25, -0.2) is 9.67 Å². The highest BCUT2D eigenvalue weighted by molar-refractivity contribution is 5.79. The van der Waals surface area contributed by atoms with Crippen LogP contribution in [0.4, 0.5) is 0 Å². The van der Waals surface area contributed by atoms with Crippen LogP contribution >= 0.6 is 0 Å². The van der Waals surface area contributed by atoms with Gasteiger partial charge in [-0.2, -0.15) is 5.10 Å². The molecule has 6 nitrogen and oxygen atoms in total. The molecule has 0 aliphatic carbocycles. The molecule has 1 saturated heterocycles. The minimum Gasteiger partial charge on any atom is -0.340 e. The van der Waals surface area contributed by atoms with Crippen LogP contribution in [0.1, 0.15) is 17.0 Å². The number of amides is 1. The van der Waals surface area contributed by atoms with Gasteiger partial charge >= 0.3 is 0 Å². The van der Waals surface area contributed by atoms with Crippen molar-refractivity contribution in [3.8, 4) is 5.82 Å². The van der Waals surface area contributed by atoms with Gasteiger partial charge in [0.2, 0.25) is 5.91 Å². The third-order valence-electron chi connectivity index (χ3n) is 4.11. The highest BCUT2D eigenvalue weighted by atomic mass is 16.2. The van der Waals surface area contributed by atoms with Crippen molar-refractivity contribution in [1.29, 1.82) is 0 Å². The second kappa shape index (κ2) is 6.27. The van der Waals surface area contributed by atoms with Crippen LogP contribution < -0.4 is 5.32 Å². The molecule has 0 unspecified atom stereocenters. The number of aromatic nitrogens is 3. The Bertz CT molecular complexity index is 659. The third kappa shape index (κ3) is 2.87. The first-order valence-electron chi connectivity index (χ1n) is 7.62. The van der Waals surface area contributed by atoms with E-state index < -0.39 is 0 Å². The molecular weight excluding hydrogens is 278 g/mol. The molecule has 0 saturated carbocycles. The van der Waals surface area contributed by atoms with Crippen molar-refractivity contribution in [2.45, 2.75) is 20.3 Å². The van der Waals surface area contributed by atoms with Crippen LogP contribution in [0.25, 0.3) is 5.82 Å². The van der Waals surface area contributed by atoms with Crippen LogP contribution in [0.3, 0.4) is 0 Å². The molecule has 1 aliphatic heterocycles. The molecule has 1 N–H and O–H groups in total. The summed E-state index contributed by atoms with van der Waals surface area (Å²) < 4.78 is 1.82. The molecule has 2 aromatic rings. The minimum absolute atomic E-state index is 0.174. The van der Waals surface area contributed by atoms with Gasteiger partial charge in [-0.1, -0.05) is 6.07 Å². The van der Waals surface area contributed by atoms with E-state index in [-0.39, 0.29) is 5.91 Å². The Morgan fingerprint density at radius 2 is 2.05 bits per heavy atom. The van der Waals surface area contributed by atoms with E-state index in [1.54, 1.807) is 6.20 Å². The number of nitrogens with one attached hydrogen (secondary N) is 1. The van der Waals surface area contributed by atoms with E-state index in [1.807, 2.05) is 41.6 Å². The zero-order valence-corrected chi connectivity index (χ0v) is 13.0. The molecule has 1 fully saturated rings. The number of carbonyl (C=O) groups excluding carboxylic acids is 1. The zero-order chi connectivity index (χ0) is 15.5. The maximum absolute atomic E-state index is 12.5. The van der Waals surface area contributed by atoms with Gasteiger partial charge in [-0.15, -0.1) is 0 Å². The summed E-state index contributed by atoms with van der Waals surface area (Å²) in [6.07, 6.45) is 2.15. The van der Waals surface area contributed by atoms with Crippen molar-refractivity contribution < 1.29 is 4.79 Å². The first-order chi connectivity index (χ1) is 10.7. The van der Waals surface area contributed by atoms with Crippen molar-refractivity contribution in [3.05, 3.63) is 41.3 Å². The van der Waals surface area contributed by atoms with E-state index in [9.17, 15) is 4.79 Å². The molecule has 0 radical (unpaired) electrons. The summed E-state index contributed by atoms with van der Waals surface area (Å²) in [5.74, 6) is 0.956. The Balaban J connectivity index is 1.82. The lowest BCUT2D eigenvalue weighted by atomic mass is 10.1. The first kappa shape index (κ1) is 14.7. The van der Waals surface area contributed by atoms with Crippen LogP contribution in [0.2, 0.25) is 0 Å². The molecule has 0 aromatic carbocycles. The van der Waals surface area contributed by atoms with Gasteiger partial charge in [0.15, 0.2) is 5.82 Å². The SMILES string of the molecule is Cc1nn(-c2ccccn2)c(C)c1CC(=O)N1CCNCC1. The number of hydrogen-bond donors (Lipinski definition) is 1. The van der Waals surface area contributed by atoms with Gasteiger partial charge in [0.25, 0.3) is 0 Å². The zero-order valence-electron chi connectivity index (χ0n) is 13.0. The molecule has 3 rings (SSSR count). The second-order valence-corrected chi connectivity index (χ2v) is 5.56. The fourth-order valence-electron chi connectivity index (χ4n) is 2.81. The van der Waals surface area contributed by atoms with Gasteiger partial charge in [-0.3, -0.25) is 4.79 Å². The number of pyridine rings is 1. The smallest absolute Gasteiger partial charge is 0.227 e. The number of nitrogens with zero attached hydrogens (tertiary/aromatic N) is 4. The number of aryl methyl sites for hydroxylation is 1. The van der Waals surface area contributed by atoms with Gasteiger partial charge in [0.05, 0.1) is 12.1 Å². The normalized spacial score (nSPS) is 15.1.